The van der Waals surface area contributed by atoms with E-state index in [1.54, 1.807) is 36.4 Å². The minimum absolute atomic E-state index is 0.00690. The van der Waals surface area contributed by atoms with Gasteiger partial charge in [-0.05, 0) is 55.0 Å². The van der Waals surface area contributed by atoms with Crippen LogP contribution in [-0.4, -0.2) is 31.8 Å². The molecule has 0 atom stereocenters. The Labute approximate surface area is 181 Å². The van der Waals surface area contributed by atoms with Crippen molar-refractivity contribution in [3.05, 3.63) is 90.2 Å². The monoisotopic (exact) mass is 442 g/mol. The number of amides is 1. The molecule has 1 amide bonds. The number of hydrogen-bond acceptors (Lipinski definition) is 4. The molecule has 0 saturated carbocycles. The Kier molecular flexibility index (Phi) is 7.38. The predicted molar refractivity (Wildman–Crippen MR) is 117 cm³/mol. The van der Waals surface area contributed by atoms with E-state index in [0.29, 0.717) is 12.4 Å². The fourth-order valence-corrected chi connectivity index (χ4v) is 4.35. The molecule has 1 N–H and O–H groups in total. The van der Waals surface area contributed by atoms with Crippen molar-refractivity contribution in [2.24, 2.45) is 0 Å². The second-order valence-corrected chi connectivity index (χ2v) is 8.66. The largest absolute Gasteiger partial charge is 0.494 e. The Morgan fingerprint density at radius 2 is 1.71 bits per heavy atom. The van der Waals surface area contributed by atoms with Crippen molar-refractivity contribution in [2.45, 2.75) is 18.4 Å². The highest BCUT2D eigenvalue weighted by Gasteiger charge is 2.27. The van der Waals surface area contributed by atoms with Crippen molar-refractivity contribution in [3.8, 4) is 5.75 Å². The molecule has 0 unspecified atom stereocenters. The van der Waals surface area contributed by atoms with Crippen LogP contribution in [0.1, 0.15) is 12.5 Å². The Bertz CT molecular complexity index is 1120. The Morgan fingerprint density at radius 1 is 1.00 bits per heavy atom. The van der Waals surface area contributed by atoms with Gasteiger partial charge in [-0.15, -0.1) is 0 Å². The van der Waals surface area contributed by atoms with Crippen LogP contribution in [0.2, 0.25) is 0 Å². The third-order valence-corrected chi connectivity index (χ3v) is 6.21. The zero-order valence-electron chi connectivity index (χ0n) is 17.0. The summed E-state index contributed by atoms with van der Waals surface area (Å²) in [5.74, 6) is -0.517. The second kappa shape index (κ2) is 10.2. The lowest BCUT2D eigenvalue weighted by molar-refractivity contribution is -0.116. The molecule has 0 aliphatic rings. The summed E-state index contributed by atoms with van der Waals surface area (Å²) in [4.78, 5) is 12.6. The third kappa shape index (κ3) is 6.13. The maximum absolute atomic E-state index is 13.4. The number of benzene rings is 3. The quantitative estimate of drug-likeness (QED) is 0.542. The summed E-state index contributed by atoms with van der Waals surface area (Å²) in [5, 5.41) is 2.54. The van der Waals surface area contributed by atoms with Crippen LogP contribution in [0.4, 0.5) is 10.1 Å². The number of nitrogens with zero attached hydrogens (tertiary/aromatic N) is 1. The van der Waals surface area contributed by atoms with Crippen LogP contribution in [-0.2, 0) is 21.4 Å². The van der Waals surface area contributed by atoms with Crippen LogP contribution >= 0.6 is 0 Å². The van der Waals surface area contributed by atoms with Crippen molar-refractivity contribution in [2.75, 3.05) is 18.5 Å². The van der Waals surface area contributed by atoms with E-state index in [2.05, 4.69) is 5.32 Å². The lowest BCUT2D eigenvalue weighted by Gasteiger charge is -2.22. The van der Waals surface area contributed by atoms with Gasteiger partial charge >= 0.3 is 0 Å². The number of anilines is 1. The zero-order chi connectivity index (χ0) is 22.3. The first-order chi connectivity index (χ1) is 14.9. The van der Waals surface area contributed by atoms with Gasteiger partial charge < -0.3 is 10.1 Å². The molecule has 162 valence electrons. The van der Waals surface area contributed by atoms with Crippen LogP contribution in [0.15, 0.2) is 83.8 Å². The van der Waals surface area contributed by atoms with Crippen LogP contribution in [0.25, 0.3) is 0 Å². The van der Waals surface area contributed by atoms with Crippen LogP contribution < -0.4 is 10.1 Å². The van der Waals surface area contributed by atoms with Gasteiger partial charge in [0.2, 0.25) is 15.9 Å². The maximum Gasteiger partial charge on any atom is 0.243 e. The van der Waals surface area contributed by atoms with Gasteiger partial charge in [0.15, 0.2) is 0 Å². The molecule has 6 nitrogen and oxygen atoms in total. The number of nitrogens with one attached hydrogen (secondary N) is 1. The number of sulfonamides is 1. The Morgan fingerprint density at radius 3 is 2.35 bits per heavy atom. The summed E-state index contributed by atoms with van der Waals surface area (Å²) in [7, 11) is -3.98. The summed E-state index contributed by atoms with van der Waals surface area (Å²) < 4.78 is 46.4. The molecular formula is C23H23FN2O4S. The molecule has 0 fully saturated rings. The molecule has 0 aromatic heterocycles. The van der Waals surface area contributed by atoms with Gasteiger partial charge in [-0.25, -0.2) is 12.8 Å². The molecule has 3 rings (SSSR count). The first-order valence-electron chi connectivity index (χ1n) is 9.71. The fraction of sp³-hybridized carbons (Fsp3) is 0.174. The number of hydrogen-bond donors (Lipinski definition) is 1. The van der Waals surface area contributed by atoms with E-state index in [1.165, 1.54) is 36.4 Å². The van der Waals surface area contributed by atoms with E-state index in [-0.39, 0.29) is 17.1 Å². The second-order valence-electron chi connectivity index (χ2n) is 6.72. The van der Waals surface area contributed by atoms with Gasteiger partial charge in [0.1, 0.15) is 11.6 Å². The lowest BCUT2D eigenvalue weighted by Crippen LogP contribution is -2.37. The molecule has 0 radical (unpaired) electrons. The average Bonchev–Trinajstić information content (AvgIpc) is 2.74. The first kappa shape index (κ1) is 22.5. The molecule has 3 aromatic carbocycles. The highest BCUT2D eigenvalue weighted by atomic mass is 32.2. The van der Waals surface area contributed by atoms with E-state index in [4.69, 9.17) is 4.74 Å². The zero-order valence-corrected chi connectivity index (χ0v) is 17.8. The molecular weight excluding hydrogens is 419 g/mol. The molecule has 0 aliphatic heterocycles. The molecule has 0 spiro atoms. The van der Waals surface area contributed by atoms with Crippen molar-refractivity contribution < 1.29 is 22.3 Å². The molecule has 31 heavy (non-hydrogen) atoms. The average molecular weight is 443 g/mol. The molecule has 0 aliphatic carbocycles. The van der Waals surface area contributed by atoms with E-state index >= 15 is 0 Å². The topological polar surface area (TPSA) is 75.7 Å². The number of carbonyl (C=O) groups excluding carboxylic acids is 1. The molecule has 0 saturated heterocycles. The SMILES string of the molecule is CCOc1ccc(S(=O)(=O)N(CC(=O)Nc2cccc(F)c2)Cc2ccccc2)cc1. The van der Waals surface area contributed by atoms with Gasteiger partial charge in [-0.3, -0.25) is 4.79 Å². The van der Waals surface area contributed by atoms with Crippen molar-refractivity contribution in [1.82, 2.24) is 4.31 Å². The number of rotatable bonds is 9. The molecule has 0 heterocycles. The fourth-order valence-electron chi connectivity index (χ4n) is 2.96. The van der Waals surface area contributed by atoms with Gasteiger partial charge in [-0.1, -0.05) is 36.4 Å². The van der Waals surface area contributed by atoms with E-state index < -0.39 is 28.3 Å². The highest BCUT2D eigenvalue weighted by Crippen LogP contribution is 2.22. The highest BCUT2D eigenvalue weighted by molar-refractivity contribution is 7.89. The van der Waals surface area contributed by atoms with Crippen molar-refractivity contribution in [1.29, 1.82) is 0 Å². The van der Waals surface area contributed by atoms with Crippen LogP contribution in [0.3, 0.4) is 0 Å². The van der Waals surface area contributed by atoms with E-state index in [0.717, 1.165) is 9.87 Å². The van der Waals surface area contributed by atoms with Crippen molar-refractivity contribution in [3.63, 3.8) is 0 Å². The summed E-state index contributed by atoms with van der Waals surface area (Å²) in [5.41, 5.74) is 0.985. The standard InChI is InChI=1S/C23H23FN2O4S/c1-2-30-21-11-13-22(14-12-21)31(28,29)26(16-18-7-4-3-5-8-18)17-23(27)25-20-10-6-9-19(24)15-20/h3-15H,2,16-17H2,1H3,(H,25,27). The normalized spacial score (nSPS) is 11.3. The van der Waals surface area contributed by atoms with E-state index in [9.17, 15) is 17.6 Å². The Hall–Kier alpha value is -3.23. The lowest BCUT2D eigenvalue weighted by atomic mass is 10.2. The van der Waals surface area contributed by atoms with Crippen LogP contribution in [0.5, 0.6) is 5.75 Å². The van der Waals surface area contributed by atoms with Gasteiger partial charge in [0.25, 0.3) is 0 Å². The number of carbonyl (C=O) groups is 1. The number of ether oxygens (including phenoxy) is 1. The molecule has 8 heteroatoms. The van der Waals surface area contributed by atoms with Gasteiger partial charge in [-0.2, -0.15) is 4.31 Å². The number of halogens is 1. The van der Waals surface area contributed by atoms with E-state index in [1.807, 2.05) is 13.0 Å². The summed E-state index contributed by atoms with van der Waals surface area (Å²) in [6.45, 7) is 1.88. The summed E-state index contributed by atoms with van der Waals surface area (Å²) in [6, 6.07) is 20.4. The molecule has 0 bridgehead atoms. The molecule has 3 aromatic rings. The predicted octanol–water partition coefficient (Wildman–Crippen LogP) is 4.05. The minimum Gasteiger partial charge on any atom is -0.494 e. The van der Waals surface area contributed by atoms with Gasteiger partial charge in [0, 0.05) is 12.2 Å². The van der Waals surface area contributed by atoms with Gasteiger partial charge in [0.05, 0.1) is 18.0 Å². The smallest absolute Gasteiger partial charge is 0.243 e. The summed E-state index contributed by atoms with van der Waals surface area (Å²) in [6.07, 6.45) is 0. The third-order valence-electron chi connectivity index (χ3n) is 4.40. The Balaban J connectivity index is 1.85. The van der Waals surface area contributed by atoms with Crippen molar-refractivity contribution >= 4 is 21.6 Å². The minimum atomic E-state index is -3.98. The first-order valence-corrected chi connectivity index (χ1v) is 11.1. The summed E-state index contributed by atoms with van der Waals surface area (Å²) >= 11 is 0. The maximum atomic E-state index is 13.4. The van der Waals surface area contributed by atoms with Crippen LogP contribution in [0, 0.1) is 5.82 Å².